The average Bonchev–Trinajstić information content (AvgIpc) is 3.35. The van der Waals surface area contributed by atoms with Crippen LogP contribution in [0.25, 0.3) is 26.6 Å². The molecule has 2 aliphatic rings. The fourth-order valence-corrected chi connectivity index (χ4v) is 4.69. The van der Waals surface area contributed by atoms with Crippen LogP contribution >= 0.6 is 11.3 Å². The average molecular weight is 375 g/mol. The molecular weight excluding hydrogens is 358 g/mol. The van der Waals surface area contributed by atoms with Gasteiger partial charge in [-0.05, 0) is 36.4 Å². The van der Waals surface area contributed by atoms with E-state index in [0.29, 0.717) is 4.70 Å². The molecule has 3 aromatic rings. The number of nitriles is 1. The van der Waals surface area contributed by atoms with Crippen LogP contribution in [0.3, 0.4) is 0 Å². The van der Waals surface area contributed by atoms with Gasteiger partial charge in [-0.2, -0.15) is 5.26 Å². The highest BCUT2D eigenvalue weighted by atomic mass is 32.1. The number of aromatic amines is 1. The number of hydrogen-bond acceptors (Lipinski definition) is 5. The van der Waals surface area contributed by atoms with E-state index in [4.69, 9.17) is 4.74 Å². The van der Waals surface area contributed by atoms with Gasteiger partial charge < -0.3 is 15.0 Å². The Balaban J connectivity index is 1.71. The van der Waals surface area contributed by atoms with Crippen LogP contribution in [0.5, 0.6) is 5.75 Å². The molecule has 1 aliphatic heterocycles. The molecule has 1 saturated carbocycles. The van der Waals surface area contributed by atoms with Crippen LogP contribution in [0.1, 0.15) is 18.4 Å². The summed E-state index contributed by atoms with van der Waals surface area (Å²) in [5, 5.41) is 16.7. The maximum Gasteiger partial charge on any atom is 0.266 e. The number of pyridine rings is 1. The number of nitrogens with zero attached hydrogens (tertiary/aromatic N) is 1. The zero-order chi connectivity index (χ0) is 18.6. The largest absolute Gasteiger partial charge is 0.496 e. The summed E-state index contributed by atoms with van der Waals surface area (Å²) in [7, 11) is 1.65. The highest BCUT2D eigenvalue weighted by Gasteiger charge is 2.49. The van der Waals surface area contributed by atoms with Gasteiger partial charge in [-0.15, -0.1) is 11.3 Å². The first-order valence-electron chi connectivity index (χ1n) is 8.83. The number of aromatic nitrogens is 1. The molecule has 2 N–H and O–H groups in total. The smallest absolute Gasteiger partial charge is 0.266 e. The maximum absolute atomic E-state index is 12.3. The highest BCUT2D eigenvalue weighted by molar-refractivity contribution is 7.17. The third-order valence-electron chi connectivity index (χ3n) is 5.56. The Morgan fingerprint density at radius 3 is 2.85 bits per heavy atom. The zero-order valence-corrected chi connectivity index (χ0v) is 15.5. The highest BCUT2D eigenvalue weighted by Crippen LogP contribution is 2.49. The summed E-state index contributed by atoms with van der Waals surface area (Å²) in [4.78, 5) is 15.3. The Morgan fingerprint density at radius 1 is 1.33 bits per heavy atom. The Labute approximate surface area is 159 Å². The SMILES string of the molecule is COc1ccc2[nH]c(=O)c3sccc3c2c1C1=CNC(C2(C#N)CC2)C=C1. The number of rotatable bonds is 3. The predicted molar refractivity (Wildman–Crippen MR) is 108 cm³/mol. The van der Waals surface area contributed by atoms with Crippen LogP contribution in [0, 0.1) is 16.7 Å². The second-order valence-electron chi connectivity index (χ2n) is 7.05. The number of H-pyrrole nitrogens is 1. The summed E-state index contributed by atoms with van der Waals surface area (Å²) in [6.45, 7) is 0. The van der Waals surface area contributed by atoms with Gasteiger partial charge in [-0.25, -0.2) is 0 Å². The van der Waals surface area contributed by atoms with Gasteiger partial charge in [0.1, 0.15) is 10.4 Å². The van der Waals surface area contributed by atoms with Crippen LogP contribution < -0.4 is 15.6 Å². The van der Waals surface area contributed by atoms with E-state index < -0.39 is 0 Å². The molecule has 5 rings (SSSR count). The molecule has 5 nitrogen and oxygen atoms in total. The summed E-state index contributed by atoms with van der Waals surface area (Å²) in [6, 6.07) is 8.23. The van der Waals surface area contributed by atoms with Gasteiger partial charge in [0.15, 0.2) is 0 Å². The van der Waals surface area contributed by atoms with Crippen molar-refractivity contribution in [2.45, 2.75) is 18.9 Å². The lowest BCUT2D eigenvalue weighted by Gasteiger charge is -2.24. The molecule has 0 radical (unpaired) electrons. The van der Waals surface area contributed by atoms with Gasteiger partial charge in [0.2, 0.25) is 0 Å². The van der Waals surface area contributed by atoms with E-state index in [1.807, 2.05) is 29.8 Å². The molecule has 1 unspecified atom stereocenters. The molecule has 0 saturated heterocycles. The van der Waals surface area contributed by atoms with Gasteiger partial charge in [0.05, 0.1) is 24.6 Å². The van der Waals surface area contributed by atoms with Crippen molar-refractivity contribution in [3.63, 3.8) is 0 Å². The van der Waals surface area contributed by atoms with Crippen LogP contribution in [0.15, 0.2) is 46.7 Å². The molecule has 2 aromatic heterocycles. The normalized spacial score (nSPS) is 20.1. The number of fused-ring (bicyclic) bond motifs is 3. The lowest BCUT2D eigenvalue weighted by atomic mass is 9.91. The van der Waals surface area contributed by atoms with Crippen molar-refractivity contribution in [1.82, 2.24) is 10.3 Å². The first-order chi connectivity index (χ1) is 13.2. The third kappa shape index (κ3) is 2.32. The lowest BCUT2D eigenvalue weighted by Crippen LogP contribution is -2.33. The minimum Gasteiger partial charge on any atom is -0.496 e. The van der Waals surface area contributed by atoms with Crippen molar-refractivity contribution in [1.29, 1.82) is 5.26 Å². The van der Waals surface area contributed by atoms with Gasteiger partial charge in [0.25, 0.3) is 5.56 Å². The van der Waals surface area contributed by atoms with Gasteiger partial charge in [-0.1, -0.05) is 12.2 Å². The van der Waals surface area contributed by atoms with Crippen molar-refractivity contribution in [2.24, 2.45) is 5.41 Å². The zero-order valence-electron chi connectivity index (χ0n) is 14.7. The molecule has 134 valence electrons. The molecule has 0 amide bonds. The monoisotopic (exact) mass is 375 g/mol. The quantitative estimate of drug-likeness (QED) is 0.727. The fourth-order valence-electron chi connectivity index (χ4n) is 3.89. The second kappa shape index (κ2) is 5.73. The standard InChI is InChI=1S/C21H17N3O2S/c1-26-15-4-3-14-18(13-6-9-27-19(13)20(25)24-14)17(15)12-2-5-16(23-10-12)21(11-22)7-8-21/h2-6,9-10,16,23H,7-8H2,1H3,(H,24,25). The number of nitrogens with one attached hydrogen (secondary N) is 2. The van der Waals surface area contributed by atoms with Crippen molar-refractivity contribution >= 4 is 37.9 Å². The van der Waals surface area contributed by atoms with E-state index in [1.54, 1.807) is 7.11 Å². The van der Waals surface area contributed by atoms with E-state index in [2.05, 4.69) is 28.5 Å². The van der Waals surface area contributed by atoms with Crippen molar-refractivity contribution < 1.29 is 4.74 Å². The van der Waals surface area contributed by atoms with Crippen LogP contribution in [-0.2, 0) is 0 Å². The molecular formula is C21H17N3O2S. The Bertz CT molecular complexity index is 1240. The van der Waals surface area contributed by atoms with Gasteiger partial charge in [0, 0.05) is 33.6 Å². The number of methoxy groups -OCH3 is 1. The fraction of sp³-hybridized carbons (Fsp3) is 0.238. The van der Waals surface area contributed by atoms with E-state index >= 15 is 0 Å². The van der Waals surface area contributed by atoms with Gasteiger partial charge in [-0.3, -0.25) is 4.79 Å². The summed E-state index contributed by atoms with van der Waals surface area (Å²) >= 11 is 1.44. The Morgan fingerprint density at radius 2 is 2.19 bits per heavy atom. The first kappa shape index (κ1) is 16.2. The van der Waals surface area contributed by atoms with E-state index in [1.165, 1.54) is 11.3 Å². The third-order valence-corrected chi connectivity index (χ3v) is 6.47. The lowest BCUT2D eigenvalue weighted by molar-refractivity contribution is 0.414. The van der Waals surface area contributed by atoms with E-state index in [9.17, 15) is 10.1 Å². The number of thiophene rings is 1. The van der Waals surface area contributed by atoms with Crippen molar-refractivity contribution in [2.75, 3.05) is 7.11 Å². The Kier molecular flexibility index (Phi) is 3.43. The number of hydrogen-bond donors (Lipinski definition) is 2. The van der Waals surface area contributed by atoms with Crippen LogP contribution in [0.4, 0.5) is 0 Å². The summed E-state index contributed by atoms with van der Waals surface area (Å²) in [6.07, 6.45) is 7.95. The molecule has 3 heterocycles. The van der Waals surface area contributed by atoms with E-state index in [-0.39, 0.29) is 17.0 Å². The summed E-state index contributed by atoms with van der Waals surface area (Å²) in [5.74, 6) is 0.750. The van der Waals surface area contributed by atoms with Crippen LogP contribution in [-0.4, -0.2) is 18.1 Å². The topological polar surface area (TPSA) is 77.9 Å². The molecule has 1 aromatic carbocycles. The van der Waals surface area contributed by atoms with Crippen LogP contribution in [0.2, 0.25) is 0 Å². The van der Waals surface area contributed by atoms with Crippen molar-refractivity contribution in [3.8, 4) is 11.8 Å². The number of benzene rings is 1. The minimum atomic E-state index is -0.271. The molecule has 1 aliphatic carbocycles. The molecule has 0 bridgehead atoms. The number of ether oxygens (including phenoxy) is 1. The number of allylic oxidation sites excluding steroid dienone is 2. The first-order valence-corrected chi connectivity index (χ1v) is 9.71. The number of dihydropyridines is 1. The predicted octanol–water partition coefficient (Wildman–Crippen LogP) is 3.92. The molecule has 1 atom stereocenters. The molecule has 0 spiro atoms. The minimum absolute atomic E-state index is 0.0354. The Hall–Kier alpha value is -3.04. The second-order valence-corrected chi connectivity index (χ2v) is 7.97. The molecule has 27 heavy (non-hydrogen) atoms. The summed E-state index contributed by atoms with van der Waals surface area (Å²) < 4.78 is 6.36. The maximum atomic E-state index is 12.3. The summed E-state index contributed by atoms with van der Waals surface area (Å²) in [5.41, 5.74) is 2.36. The van der Waals surface area contributed by atoms with Crippen molar-refractivity contribution in [3.05, 3.63) is 57.8 Å². The van der Waals surface area contributed by atoms with E-state index in [0.717, 1.165) is 46.0 Å². The molecule has 6 heteroatoms. The molecule has 1 fully saturated rings. The van der Waals surface area contributed by atoms with Gasteiger partial charge >= 0.3 is 0 Å².